The van der Waals surface area contributed by atoms with Gasteiger partial charge in [-0.1, -0.05) is 0 Å². The third kappa shape index (κ3) is 1.93. The zero-order chi connectivity index (χ0) is 9.97. The van der Waals surface area contributed by atoms with Gasteiger partial charge in [-0.3, -0.25) is 4.79 Å². The molecule has 3 N–H and O–H groups in total. The van der Waals surface area contributed by atoms with Crippen LogP contribution in [0.15, 0.2) is 17.2 Å². The van der Waals surface area contributed by atoms with Crippen molar-refractivity contribution in [3.05, 3.63) is 22.7 Å². The molecule has 0 amide bonds. The van der Waals surface area contributed by atoms with Crippen molar-refractivity contribution >= 4 is 0 Å². The number of nitrogens with zero attached hydrogens (tertiary/aromatic N) is 1. The van der Waals surface area contributed by atoms with Gasteiger partial charge in [0, 0.05) is 18.4 Å². The number of hydrogen-bond donors (Lipinski definition) is 2. The van der Waals surface area contributed by atoms with Gasteiger partial charge in [-0.25, -0.2) is 4.98 Å². The Labute approximate surface area is 81.3 Å². The minimum absolute atomic E-state index is 0.0426. The third-order valence-corrected chi connectivity index (χ3v) is 2.38. The highest BCUT2D eigenvalue weighted by Crippen LogP contribution is 2.20. The molecule has 14 heavy (non-hydrogen) atoms. The molecule has 1 aromatic heterocycles. The highest BCUT2D eigenvalue weighted by Gasteiger charge is 2.24. The van der Waals surface area contributed by atoms with Crippen LogP contribution in [0.2, 0.25) is 0 Å². The molecule has 5 nitrogen and oxygen atoms in total. The molecular weight excluding hydrogens is 182 g/mol. The van der Waals surface area contributed by atoms with Crippen molar-refractivity contribution in [2.75, 3.05) is 0 Å². The van der Waals surface area contributed by atoms with Gasteiger partial charge in [0.25, 0.3) is 5.88 Å². The SMILES string of the molecule is NC1CCC(Oc2ncc[nH]c2=O)C1. The molecule has 1 aliphatic carbocycles. The molecule has 0 saturated heterocycles. The van der Waals surface area contributed by atoms with Crippen LogP contribution < -0.4 is 16.0 Å². The van der Waals surface area contributed by atoms with E-state index in [4.69, 9.17) is 10.5 Å². The summed E-state index contributed by atoms with van der Waals surface area (Å²) < 4.78 is 5.44. The van der Waals surface area contributed by atoms with Gasteiger partial charge < -0.3 is 15.5 Å². The summed E-state index contributed by atoms with van der Waals surface area (Å²) in [4.78, 5) is 17.6. The smallest absolute Gasteiger partial charge is 0.310 e. The monoisotopic (exact) mass is 195 g/mol. The first-order valence-electron chi connectivity index (χ1n) is 4.71. The number of aromatic amines is 1. The molecule has 5 heteroatoms. The lowest BCUT2D eigenvalue weighted by atomic mass is 10.3. The second-order valence-corrected chi connectivity index (χ2v) is 3.54. The molecule has 0 aliphatic heterocycles. The lowest BCUT2D eigenvalue weighted by Gasteiger charge is -2.10. The zero-order valence-electron chi connectivity index (χ0n) is 7.77. The molecule has 0 radical (unpaired) electrons. The Morgan fingerprint density at radius 2 is 2.43 bits per heavy atom. The third-order valence-electron chi connectivity index (χ3n) is 2.38. The van der Waals surface area contributed by atoms with E-state index in [1.807, 2.05) is 0 Å². The maximum absolute atomic E-state index is 11.2. The highest BCUT2D eigenvalue weighted by atomic mass is 16.5. The van der Waals surface area contributed by atoms with Gasteiger partial charge >= 0.3 is 5.56 Å². The van der Waals surface area contributed by atoms with Gasteiger partial charge in [-0.05, 0) is 19.3 Å². The van der Waals surface area contributed by atoms with E-state index in [9.17, 15) is 4.79 Å². The fourth-order valence-electron chi connectivity index (χ4n) is 1.66. The summed E-state index contributed by atoms with van der Waals surface area (Å²) in [6.07, 6.45) is 5.69. The summed E-state index contributed by atoms with van der Waals surface area (Å²) in [5.74, 6) is 0.145. The van der Waals surface area contributed by atoms with Crippen LogP contribution in [0.25, 0.3) is 0 Å². The Kier molecular flexibility index (Phi) is 2.49. The van der Waals surface area contributed by atoms with E-state index in [1.54, 1.807) is 0 Å². The molecule has 2 unspecified atom stereocenters. The van der Waals surface area contributed by atoms with Gasteiger partial charge in [0.1, 0.15) is 6.10 Å². The van der Waals surface area contributed by atoms with E-state index >= 15 is 0 Å². The first-order valence-corrected chi connectivity index (χ1v) is 4.71. The number of aromatic nitrogens is 2. The average molecular weight is 195 g/mol. The first-order chi connectivity index (χ1) is 6.75. The minimum Gasteiger partial charge on any atom is -0.470 e. The van der Waals surface area contributed by atoms with Crippen molar-refractivity contribution in [1.29, 1.82) is 0 Å². The van der Waals surface area contributed by atoms with Crippen LogP contribution in [0, 0.1) is 0 Å². The lowest BCUT2D eigenvalue weighted by Crippen LogP contribution is -2.22. The Morgan fingerprint density at radius 3 is 3.07 bits per heavy atom. The van der Waals surface area contributed by atoms with E-state index in [0.29, 0.717) is 0 Å². The van der Waals surface area contributed by atoms with Crippen molar-refractivity contribution < 1.29 is 4.74 Å². The van der Waals surface area contributed by atoms with Crippen LogP contribution in [0.3, 0.4) is 0 Å². The summed E-state index contributed by atoms with van der Waals surface area (Å²) in [7, 11) is 0. The number of H-pyrrole nitrogens is 1. The zero-order valence-corrected chi connectivity index (χ0v) is 7.77. The maximum atomic E-state index is 11.2. The van der Waals surface area contributed by atoms with Crippen molar-refractivity contribution in [3.8, 4) is 5.88 Å². The van der Waals surface area contributed by atoms with Crippen LogP contribution in [0.5, 0.6) is 5.88 Å². The second-order valence-electron chi connectivity index (χ2n) is 3.54. The molecule has 1 heterocycles. The van der Waals surface area contributed by atoms with Crippen molar-refractivity contribution in [2.24, 2.45) is 5.73 Å². The van der Waals surface area contributed by atoms with E-state index in [0.717, 1.165) is 19.3 Å². The normalized spacial score (nSPS) is 26.4. The fraction of sp³-hybridized carbons (Fsp3) is 0.556. The number of ether oxygens (including phenoxy) is 1. The highest BCUT2D eigenvalue weighted by molar-refractivity contribution is 5.03. The number of rotatable bonds is 2. The van der Waals surface area contributed by atoms with E-state index in [2.05, 4.69) is 9.97 Å². The first kappa shape index (κ1) is 9.21. The van der Waals surface area contributed by atoms with Crippen molar-refractivity contribution in [1.82, 2.24) is 9.97 Å². The molecule has 1 aliphatic rings. The predicted octanol–water partition coefficient (Wildman–Crippen LogP) is 0.0285. The molecule has 0 spiro atoms. The lowest BCUT2D eigenvalue weighted by molar-refractivity contribution is 0.196. The van der Waals surface area contributed by atoms with Crippen LogP contribution in [-0.2, 0) is 0 Å². The minimum atomic E-state index is -0.284. The summed E-state index contributed by atoms with van der Waals surface area (Å²) in [5, 5.41) is 0. The topological polar surface area (TPSA) is 81.0 Å². The average Bonchev–Trinajstić information content (AvgIpc) is 2.56. The molecule has 0 bridgehead atoms. The quantitative estimate of drug-likeness (QED) is 0.697. The molecule has 1 fully saturated rings. The summed E-state index contributed by atoms with van der Waals surface area (Å²) >= 11 is 0. The Morgan fingerprint density at radius 1 is 1.57 bits per heavy atom. The Bertz CT molecular complexity index is 363. The Balaban J connectivity index is 2.04. The standard InChI is InChI=1S/C9H13N3O2/c10-6-1-2-7(5-6)14-9-8(13)11-3-4-12-9/h3-4,6-7H,1-2,5,10H2,(H,11,13). The van der Waals surface area contributed by atoms with Crippen LogP contribution >= 0.6 is 0 Å². The maximum Gasteiger partial charge on any atom is 0.310 e. The second kappa shape index (κ2) is 3.79. The van der Waals surface area contributed by atoms with E-state index in [1.165, 1.54) is 12.4 Å². The predicted molar refractivity (Wildman–Crippen MR) is 51.1 cm³/mol. The van der Waals surface area contributed by atoms with Gasteiger partial charge in [-0.15, -0.1) is 0 Å². The number of nitrogens with one attached hydrogen (secondary N) is 1. The molecule has 1 aromatic rings. The molecule has 0 aromatic carbocycles. The number of hydrogen-bond acceptors (Lipinski definition) is 4. The molecule has 2 atom stereocenters. The molecular formula is C9H13N3O2. The summed E-state index contributed by atoms with van der Waals surface area (Å²) in [5.41, 5.74) is 5.45. The molecule has 1 saturated carbocycles. The van der Waals surface area contributed by atoms with Gasteiger partial charge in [0.15, 0.2) is 0 Å². The van der Waals surface area contributed by atoms with Gasteiger partial charge in [0.2, 0.25) is 0 Å². The van der Waals surface area contributed by atoms with E-state index in [-0.39, 0.29) is 23.6 Å². The Hall–Kier alpha value is -1.36. The number of nitrogens with two attached hydrogens (primary N) is 1. The summed E-state index contributed by atoms with van der Waals surface area (Å²) in [6, 6.07) is 0.197. The van der Waals surface area contributed by atoms with Gasteiger partial charge in [-0.2, -0.15) is 0 Å². The van der Waals surface area contributed by atoms with Crippen LogP contribution in [-0.4, -0.2) is 22.1 Å². The van der Waals surface area contributed by atoms with Crippen molar-refractivity contribution in [3.63, 3.8) is 0 Å². The molecule has 76 valence electrons. The largest absolute Gasteiger partial charge is 0.470 e. The summed E-state index contributed by atoms with van der Waals surface area (Å²) in [6.45, 7) is 0. The molecule has 2 rings (SSSR count). The van der Waals surface area contributed by atoms with Crippen LogP contribution in [0.4, 0.5) is 0 Å². The van der Waals surface area contributed by atoms with Crippen LogP contribution in [0.1, 0.15) is 19.3 Å². The fourth-order valence-corrected chi connectivity index (χ4v) is 1.66. The van der Waals surface area contributed by atoms with E-state index < -0.39 is 0 Å². The van der Waals surface area contributed by atoms with Crippen molar-refractivity contribution in [2.45, 2.75) is 31.4 Å². The van der Waals surface area contributed by atoms with Gasteiger partial charge in [0.05, 0.1) is 0 Å².